The quantitative estimate of drug-likeness (QED) is 0.906. The van der Waals surface area contributed by atoms with Crippen LogP contribution in [0, 0.1) is 5.92 Å². The zero-order chi connectivity index (χ0) is 14.8. The van der Waals surface area contributed by atoms with Gasteiger partial charge in [-0.1, -0.05) is 42.5 Å². The molecule has 0 amide bonds. The Morgan fingerprint density at radius 2 is 2.14 bits per heavy atom. The summed E-state index contributed by atoms with van der Waals surface area (Å²) in [6.07, 6.45) is 8.84. The third kappa shape index (κ3) is 2.71. The van der Waals surface area contributed by atoms with Crippen molar-refractivity contribution < 1.29 is 0 Å². The number of fused-ring (bicyclic) bond motifs is 2. The fourth-order valence-electron chi connectivity index (χ4n) is 3.37. The van der Waals surface area contributed by atoms with E-state index in [1.54, 1.807) is 0 Å². The van der Waals surface area contributed by atoms with E-state index in [0.717, 1.165) is 19.5 Å². The van der Waals surface area contributed by atoms with Crippen LogP contribution in [0.1, 0.15) is 18.4 Å². The molecule has 1 aromatic rings. The van der Waals surface area contributed by atoms with Crippen molar-refractivity contribution in [1.82, 2.24) is 5.32 Å². The van der Waals surface area contributed by atoms with Crippen LogP contribution in [0.15, 0.2) is 70.4 Å². The Bertz CT molecular complexity index is 683. The summed E-state index contributed by atoms with van der Waals surface area (Å²) in [5.41, 5.74) is 5.55. The van der Waals surface area contributed by atoms with Gasteiger partial charge < -0.3 is 5.32 Å². The molecule has 2 aliphatic heterocycles. The lowest BCUT2D eigenvalue weighted by Crippen LogP contribution is -2.29. The minimum Gasteiger partial charge on any atom is -0.312 e. The van der Waals surface area contributed by atoms with Crippen LogP contribution in [0.5, 0.6) is 0 Å². The van der Waals surface area contributed by atoms with Crippen molar-refractivity contribution in [3.05, 3.63) is 71.0 Å². The van der Waals surface area contributed by atoms with E-state index in [1.807, 2.05) is 11.8 Å². The number of nitrogens with zero attached hydrogens (tertiary/aromatic N) is 1. The predicted octanol–water partition coefficient (Wildman–Crippen LogP) is 4.08. The van der Waals surface area contributed by atoms with Gasteiger partial charge in [0.25, 0.3) is 0 Å². The highest BCUT2D eigenvalue weighted by molar-refractivity contribution is 8.14. The van der Waals surface area contributed by atoms with Crippen LogP contribution < -0.4 is 5.32 Å². The summed E-state index contributed by atoms with van der Waals surface area (Å²) >= 11 is 1.93. The van der Waals surface area contributed by atoms with E-state index in [0.29, 0.717) is 5.92 Å². The molecule has 1 aliphatic carbocycles. The average Bonchev–Trinajstić information content (AvgIpc) is 2.95. The number of hydrogen-bond donors (Lipinski definition) is 1. The number of allylic oxidation sites excluding steroid dienone is 4. The second-order valence-corrected chi connectivity index (χ2v) is 7.03. The Kier molecular flexibility index (Phi) is 4.00. The smallest absolute Gasteiger partial charge is 0.101 e. The summed E-state index contributed by atoms with van der Waals surface area (Å²) in [4.78, 5) is 4.84. The molecule has 1 unspecified atom stereocenters. The molecule has 0 bridgehead atoms. The lowest BCUT2D eigenvalue weighted by Gasteiger charge is -2.26. The molecule has 2 heterocycles. The second kappa shape index (κ2) is 6.27. The van der Waals surface area contributed by atoms with Gasteiger partial charge in [-0.25, -0.2) is 4.99 Å². The summed E-state index contributed by atoms with van der Waals surface area (Å²) in [5.74, 6) is 1.80. The first-order chi connectivity index (χ1) is 10.9. The van der Waals surface area contributed by atoms with Crippen LogP contribution in [0.2, 0.25) is 0 Å². The third-order valence-electron chi connectivity index (χ3n) is 4.47. The molecular formula is C19H20N2S. The van der Waals surface area contributed by atoms with Crippen LogP contribution in [-0.4, -0.2) is 17.3 Å². The van der Waals surface area contributed by atoms with E-state index in [1.165, 1.54) is 39.6 Å². The fourth-order valence-corrected chi connectivity index (χ4v) is 4.57. The van der Waals surface area contributed by atoms with Gasteiger partial charge in [0.05, 0.1) is 5.70 Å². The topological polar surface area (TPSA) is 24.4 Å². The van der Waals surface area contributed by atoms with E-state index >= 15 is 0 Å². The first kappa shape index (κ1) is 14.0. The lowest BCUT2D eigenvalue weighted by atomic mass is 9.89. The Balaban J connectivity index is 1.47. The summed E-state index contributed by atoms with van der Waals surface area (Å²) in [5, 5.41) is 4.92. The Morgan fingerprint density at radius 1 is 1.23 bits per heavy atom. The summed E-state index contributed by atoms with van der Waals surface area (Å²) in [6, 6.07) is 10.6. The largest absolute Gasteiger partial charge is 0.312 e. The van der Waals surface area contributed by atoms with E-state index in [9.17, 15) is 0 Å². The van der Waals surface area contributed by atoms with Gasteiger partial charge in [0, 0.05) is 24.8 Å². The number of aliphatic imine (C=N–C) groups is 1. The molecule has 1 saturated heterocycles. The van der Waals surface area contributed by atoms with Gasteiger partial charge in [0.1, 0.15) is 5.04 Å². The molecule has 0 aromatic heterocycles. The molecule has 3 heteroatoms. The van der Waals surface area contributed by atoms with Crippen molar-refractivity contribution in [2.24, 2.45) is 10.9 Å². The van der Waals surface area contributed by atoms with Crippen molar-refractivity contribution in [3.63, 3.8) is 0 Å². The lowest BCUT2D eigenvalue weighted by molar-refractivity contribution is 0.532. The minimum atomic E-state index is 0.608. The molecule has 112 valence electrons. The Labute approximate surface area is 136 Å². The van der Waals surface area contributed by atoms with Crippen molar-refractivity contribution >= 4 is 16.8 Å². The highest BCUT2D eigenvalue weighted by Crippen LogP contribution is 2.42. The minimum absolute atomic E-state index is 0.608. The molecule has 1 aromatic carbocycles. The highest BCUT2D eigenvalue weighted by atomic mass is 32.2. The molecule has 3 aliphatic rings. The van der Waals surface area contributed by atoms with Gasteiger partial charge in [-0.15, -0.1) is 11.8 Å². The van der Waals surface area contributed by atoms with Crippen LogP contribution >= 0.6 is 11.8 Å². The van der Waals surface area contributed by atoms with Gasteiger partial charge in [0.2, 0.25) is 0 Å². The van der Waals surface area contributed by atoms with Crippen molar-refractivity contribution in [1.29, 1.82) is 0 Å². The maximum Gasteiger partial charge on any atom is 0.101 e. The third-order valence-corrected chi connectivity index (χ3v) is 5.50. The van der Waals surface area contributed by atoms with Gasteiger partial charge >= 0.3 is 0 Å². The average molecular weight is 308 g/mol. The number of nitrogens with one attached hydrogen (secondary N) is 1. The first-order valence-electron chi connectivity index (χ1n) is 7.98. The normalized spacial score (nSPS) is 23.0. The van der Waals surface area contributed by atoms with Crippen molar-refractivity contribution in [3.8, 4) is 0 Å². The summed E-state index contributed by atoms with van der Waals surface area (Å²) in [7, 11) is 0. The molecule has 1 N–H and O–H groups in total. The van der Waals surface area contributed by atoms with Gasteiger partial charge in [-0.3, -0.25) is 0 Å². The maximum atomic E-state index is 4.84. The van der Waals surface area contributed by atoms with Crippen molar-refractivity contribution in [2.75, 3.05) is 12.3 Å². The molecule has 1 atom stereocenters. The van der Waals surface area contributed by atoms with Gasteiger partial charge in [0.15, 0.2) is 0 Å². The van der Waals surface area contributed by atoms with Crippen LogP contribution in [-0.2, 0) is 6.54 Å². The highest BCUT2D eigenvalue weighted by Gasteiger charge is 2.32. The molecular weight excluding hydrogens is 288 g/mol. The standard InChI is InChI=1S/C19H20N2S/c1-2-6-14(7-3-1)12-20-13-15-10-11-22-19-18(15)16-8-4-5-9-17(16)21-19/h1-7,9,15,20H,8,10-13H2. The molecule has 0 spiro atoms. The van der Waals surface area contributed by atoms with E-state index in [2.05, 4.69) is 53.9 Å². The van der Waals surface area contributed by atoms with Crippen molar-refractivity contribution in [2.45, 2.75) is 19.4 Å². The number of thioether (sulfide) groups is 1. The summed E-state index contributed by atoms with van der Waals surface area (Å²) in [6.45, 7) is 1.99. The van der Waals surface area contributed by atoms with Gasteiger partial charge in [-0.2, -0.15) is 0 Å². The molecule has 0 saturated carbocycles. The Hall–Kier alpha value is -1.58. The zero-order valence-corrected chi connectivity index (χ0v) is 13.4. The maximum absolute atomic E-state index is 4.84. The monoisotopic (exact) mass is 308 g/mol. The van der Waals surface area contributed by atoms with E-state index in [4.69, 9.17) is 4.99 Å². The number of rotatable bonds is 4. The van der Waals surface area contributed by atoms with Crippen LogP contribution in [0.4, 0.5) is 0 Å². The summed E-state index contributed by atoms with van der Waals surface area (Å²) < 4.78 is 0. The van der Waals surface area contributed by atoms with E-state index in [-0.39, 0.29) is 0 Å². The fraction of sp³-hybridized carbons (Fsp3) is 0.316. The molecule has 0 radical (unpaired) electrons. The molecule has 1 fully saturated rings. The molecule has 2 nitrogen and oxygen atoms in total. The second-order valence-electron chi connectivity index (χ2n) is 5.94. The first-order valence-corrected chi connectivity index (χ1v) is 8.97. The Morgan fingerprint density at radius 3 is 3.05 bits per heavy atom. The van der Waals surface area contributed by atoms with Crippen LogP contribution in [0.3, 0.4) is 0 Å². The number of benzene rings is 1. The SMILES string of the molecule is C1=CCC2=C3C(=NC2=C1)SCCC3CNCc1ccccc1. The predicted molar refractivity (Wildman–Crippen MR) is 95.0 cm³/mol. The number of hydrogen-bond acceptors (Lipinski definition) is 3. The van der Waals surface area contributed by atoms with Gasteiger partial charge in [-0.05, 0) is 35.6 Å². The van der Waals surface area contributed by atoms with E-state index < -0.39 is 0 Å². The molecule has 4 rings (SSSR count). The molecule has 22 heavy (non-hydrogen) atoms. The van der Waals surface area contributed by atoms with Crippen LogP contribution in [0.25, 0.3) is 0 Å². The zero-order valence-electron chi connectivity index (χ0n) is 12.6.